The van der Waals surface area contributed by atoms with Crippen LogP contribution in [0.15, 0.2) is 54.6 Å². The van der Waals surface area contributed by atoms with Crippen LogP contribution >= 0.6 is 0 Å². The average molecular weight is 389 g/mol. The number of hydrogen-bond donors (Lipinski definition) is 2. The number of benzene rings is 2. The first-order chi connectivity index (χ1) is 12.9. The Balaban J connectivity index is 2.15. The number of carbonyl (C=O) groups excluding carboxylic acids is 1. The van der Waals surface area contributed by atoms with Crippen LogP contribution in [-0.4, -0.2) is 31.2 Å². The van der Waals surface area contributed by atoms with Gasteiger partial charge in [-0.2, -0.15) is 0 Å². The summed E-state index contributed by atoms with van der Waals surface area (Å²) < 4.78 is 41.1. The summed E-state index contributed by atoms with van der Waals surface area (Å²) in [5, 5.41) is 10.6. The summed E-state index contributed by atoms with van der Waals surface area (Å²) in [4.78, 5) is 12.0. The largest absolute Gasteiger partial charge is 0.494 e. The molecule has 0 unspecified atom stereocenters. The van der Waals surface area contributed by atoms with Gasteiger partial charge in [0, 0.05) is 5.69 Å². The minimum absolute atomic E-state index is 0.0384. The van der Waals surface area contributed by atoms with Gasteiger partial charge in [0.1, 0.15) is 22.1 Å². The Hall–Kier alpha value is -3.13. The van der Waals surface area contributed by atoms with Gasteiger partial charge in [0.15, 0.2) is 0 Å². The summed E-state index contributed by atoms with van der Waals surface area (Å²) in [6.45, 7) is 0. The molecule has 0 saturated carbocycles. The number of rotatable bonds is 5. The molecule has 6 nitrogen and oxygen atoms in total. The van der Waals surface area contributed by atoms with E-state index in [-0.39, 0.29) is 17.2 Å². The molecule has 140 valence electrons. The summed E-state index contributed by atoms with van der Waals surface area (Å²) in [5.41, 5.74) is 2.13. The standard InChI is InChI=1S/C19H16FNO5S/c1-26-19(23)16-10-17(13-4-2-12(3-5-13)11-27(24)25)21(18(16)22)15-8-6-14(20)7-9-15/h2-10,22,27H,11H2,1H3. The van der Waals surface area contributed by atoms with Crippen LogP contribution in [0.4, 0.5) is 4.39 Å². The van der Waals surface area contributed by atoms with Crippen LogP contribution in [0.2, 0.25) is 0 Å². The second-order valence-corrected chi connectivity index (χ2v) is 6.74. The molecule has 0 aliphatic heterocycles. The quantitative estimate of drug-likeness (QED) is 0.518. The van der Waals surface area contributed by atoms with Gasteiger partial charge < -0.3 is 9.84 Å². The molecular formula is C19H16FNO5S. The zero-order valence-corrected chi connectivity index (χ0v) is 15.2. The number of esters is 1. The highest BCUT2D eigenvalue weighted by atomic mass is 32.2. The Labute approximate surface area is 156 Å². The van der Waals surface area contributed by atoms with Crippen molar-refractivity contribution in [2.45, 2.75) is 5.75 Å². The van der Waals surface area contributed by atoms with Gasteiger partial charge in [-0.15, -0.1) is 0 Å². The van der Waals surface area contributed by atoms with Crippen molar-refractivity contribution in [3.8, 4) is 22.8 Å². The van der Waals surface area contributed by atoms with E-state index in [1.807, 2.05) is 0 Å². The summed E-state index contributed by atoms with van der Waals surface area (Å²) >= 11 is 0. The minimum atomic E-state index is -2.54. The monoisotopic (exact) mass is 389 g/mol. The smallest absolute Gasteiger partial charge is 0.343 e. The van der Waals surface area contributed by atoms with Crippen LogP contribution in [0.5, 0.6) is 5.88 Å². The second kappa shape index (κ2) is 7.63. The van der Waals surface area contributed by atoms with E-state index in [0.717, 1.165) is 0 Å². The van der Waals surface area contributed by atoms with Crippen LogP contribution in [0.1, 0.15) is 15.9 Å². The summed E-state index contributed by atoms with van der Waals surface area (Å²) in [6, 6.07) is 13.6. The lowest BCUT2D eigenvalue weighted by Gasteiger charge is -2.11. The maximum Gasteiger partial charge on any atom is 0.343 e. The molecule has 1 N–H and O–H groups in total. The highest BCUT2D eigenvalue weighted by molar-refractivity contribution is 7.71. The van der Waals surface area contributed by atoms with Crippen LogP contribution in [0.3, 0.4) is 0 Å². The molecular weight excluding hydrogens is 373 g/mol. The Morgan fingerprint density at radius 1 is 1.11 bits per heavy atom. The number of methoxy groups -OCH3 is 1. The lowest BCUT2D eigenvalue weighted by atomic mass is 10.1. The molecule has 0 atom stereocenters. The first kappa shape index (κ1) is 18.7. The highest BCUT2D eigenvalue weighted by Gasteiger charge is 2.22. The fourth-order valence-electron chi connectivity index (χ4n) is 2.75. The molecule has 0 bridgehead atoms. The van der Waals surface area contributed by atoms with Crippen molar-refractivity contribution < 1.29 is 27.4 Å². The third kappa shape index (κ3) is 3.85. The van der Waals surface area contributed by atoms with Crippen molar-refractivity contribution >= 4 is 16.7 Å². The van der Waals surface area contributed by atoms with E-state index in [1.165, 1.54) is 42.0 Å². The molecule has 3 aromatic rings. The van der Waals surface area contributed by atoms with Crippen molar-refractivity contribution in [1.29, 1.82) is 0 Å². The predicted octanol–water partition coefficient (Wildman–Crippen LogP) is 2.89. The zero-order valence-electron chi connectivity index (χ0n) is 14.3. The van der Waals surface area contributed by atoms with E-state index < -0.39 is 22.5 Å². The third-order valence-electron chi connectivity index (χ3n) is 4.03. The van der Waals surface area contributed by atoms with Crippen molar-refractivity contribution in [3.63, 3.8) is 0 Å². The number of nitrogens with zero attached hydrogens (tertiary/aromatic N) is 1. The third-order valence-corrected chi connectivity index (χ3v) is 4.65. The molecule has 3 rings (SSSR count). The van der Waals surface area contributed by atoms with Crippen molar-refractivity contribution in [2.75, 3.05) is 7.11 Å². The molecule has 8 heteroatoms. The normalized spacial score (nSPS) is 10.9. The highest BCUT2D eigenvalue weighted by Crippen LogP contribution is 2.34. The molecule has 0 fully saturated rings. The number of thiol groups is 1. The molecule has 1 heterocycles. The van der Waals surface area contributed by atoms with Crippen LogP contribution in [-0.2, 0) is 21.2 Å². The van der Waals surface area contributed by atoms with E-state index in [4.69, 9.17) is 4.74 Å². The fourth-order valence-corrected chi connectivity index (χ4v) is 3.26. The Kier molecular flexibility index (Phi) is 5.27. The number of aromatic hydroxyl groups is 1. The van der Waals surface area contributed by atoms with Crippen molar-refractivity contribution in [2.24, 2.45) is 0 Å². The number of hydrogen-bond acceptors (Lipinski definition) is 5. The zero-order chi connectivity index (χ0) is 19.6. The maximum absolute atomic E-state index is 13.3. The Morgan fingerprint density at radius 3 is 2.30 bits per heavy atom. The summed E-state index contributed by atoms with van der Waals surface area (Å²) in [6.07, 6.45) is 0. The Morgan fingerprint density at radius 2 is 1.74 bits per heavy atom. The van der Waals surface area contributed by atoms with E-state index in [1.54, 1.807) is 24.3 Å². The van der Waals surface area contributed by atoms with E-state index in [0.29, 0.717) is 22.5 Å². The van der Waals surface area contributed by atoms with Crippen LogP contribution in [0.25, 0.3) is 16.9 Å². The number of carbonyl (C=O) groups is 1. The van der Waals surface area contributed by atoms with Gasteiger partial charge in [-0.05, 0) is 41.5 Å². The van der Waals surface area contributed by atoms with Gasteiger partial charge in [-0.3, -0.25) is 4.57 Å². The minimum Gasteiger partial charge on any atom is -0.494 e. The topological polar surface area (TPSA) is 85.6 Å². The first-order valence-corrected chi connectivity index (χ1v) is 9.27. The van der Waals surface area contributed by atoms with Gasteiger partial charge in [-0.25, -0.2) is 17.6 Å². The first-order valence-electron chi connectivity index (χ1n) is 7.90. The van der Waals surface area contributed by atoms with E-state index in [9.17, 15) is 22.7 Å². The molecule has 0 radical (unpaired) electrons. The molecule has 0 aliphatic rings. The maximum atomic E-state index is 13.3. The van der Waals surface area contributed by atoms with Gasteiger partial charge in [0.2, 0.25) is 5.88 Å². The van der Waals surface area contributed by atoms with Gasteiger partial charge in [0.25, 0.3) is 0 Å². The predicted molar refractivity (Wildman–Crippen MR) is 98.2 cm³/mol. The number of halogens is 1. The molecule has 1 aromatic heterocycles. The lowest BCUT2D eigenvalue weighted by molar-refractivity contribution is 0.0597. The summed E-state index contributed by atoms with van der Waals surface area (Å²) in [5.74, 6) is -1.56. The fraction of sp³-hybridized carbons (Fsp3) is 0.105. The van der Waals surface area contributed by atoms with Gasteiger partial charge in [0.05, 0.1) is 18.6 Å². The number of ether oxygens (including phenoxy) is 1. The molecule has 0 aliphatic carbocycles. The lowest BCUT2D eigenvalue weighted by Crippen LogP contribution is -2.01. The van der Waals surface area contributed by atoms with E-state index >= 15 is 0 Å². The molecule has 0 saturated heterocycles. The van der Waals surface area contributed by atoms with Crippen LogP contribution < -0.4 is 0 Å². The SMILES string of the molecule is COC(=O)c1cc(-c2ccc(C[SH](=O)=O)cc2)n(-c2ccc(F)cc2)c1O. The van der Waals surface area contributed by atoms with Crippen molar-refractivity contribution in [3.05, 3.63) is 71.5 Å². The molecule has 0 spiro atoms. The molecule has 0 amide bonds. The number of aromatic nitrogens is 1. The average Bonchev–Trinajstić information content (AvgIpc) is 2.99. The summed E-state index contributed by atoms with van der Waals surface area (Å²) in [7, 11) is -1.34. The van der Waals surface area contributed by atoms with Crippen molar-refractivity contribution in [1.82, 2.24) is 4.57 Å². The van der Waals surface area contributed by atoms with Gasteiger partial charge >= 0.3 is 5.97 Å². The van der Waals surface area contributed by atoms with Gasteiger partial charge in [-0.1, -0.05) is 24.3 Å². The second-order valence-electron chi connectivity index (χ2n) is 5.76. The Bertz CT molecular complexity index is 1040. The molecule has 2 aromatic carbocycles. The van der Waals surface area contributed by atoms with E-state index in [2.05, 4.69) is 0 Å². The van der Waals surface area contributed by atoms with Crippen LogP contribution in [0, 0.1) is 5.82 Å². The molecule has 27 heavy (non-hydrogen) atoms.